The number of H-pyrrole nitrogens is 1. The third kappa shape index (κ3) is 3.07. The number of hydrogen-bond donors (Lipinski definition) is 4. The van der Waals surface area contributed by atoms with Gasteiger partial charge in [-0.2, -0.15) is 0 Å². The molecule has 0 saturated carbocycles. The Balaban J connectivity index is 1.76. The molecule has 6 nitrogen and oxygen atoms in total. The smallest absolute Gasteiger partial charge is 0.315 e. The van der Waals surface area contributed by atoms with Gasteiger partial charge in [-0.3, -0.25) is 4.79 Å². The molecule has 8 heteroatoms. The van der Waals surface area contributed by atoms with E-state index in [2.05, 4.69) is 20.9 Å². The summed E-state index contributed by atoms with van der Waals surface area (Å²) in [6, 6.07) is 3.60. The first kappa shape index (κ1) is 16.3. The van der Waals surface area contributed by atoms with Crippen LogP contribution in [0.2, 0.25) is 5.02 Å². The summed E-state index contributed by atoms with van der Waals surface area (Å²) >= 11 is 5.72. The van der Waals surface area contributed by atoms with Gasteiger partial charge in [-0.05, 0) is 42.2 Å². The standard InChI is InChI=1S/C16H16ClFN4O2/c1-19-16(24)22-13-5-3-9-10(13)7-20-14(9)15(23)21-8-2-4-12(18)11(17)6-8/h2,4,6-7,13,20H,3,5H2,1H3,(H,21,23)(H2,19,22,24)/t13-/m1/s1. The van der Waals surface area contributed by atoms with Crippen LogP contribution >= 0.6 is 11.6 Å². The minimum Gasteiger partial charge on any atom is -0.357 e. The number of benzene rings is 1. The average molecular weight is 351 g/mol. The number of carbonyl (C=O) groups excluding carboxylic acids is 2. The predicted molar refractivity (Wildman–Crippen MR) is 88.8 cm³/mol. The molecule has 0 aliphatic heterocycles. The number of fused-ring (bicyclic) bond motifs is 1. The highest BCUT2D eigenvalue weighted by Gasteiger charge is 2.29. The predicted octanol–water partition coefficient (Wildman–Crippen LogP) is 2.98. The molecular weight excluding hydrogens is 335 g/mol. The fourth-order valence-corrected chi connectivity index (χ4v) is 3.02. The molecule has 1 aromatic heterocycles. The number of anilines is 1. The fraction of sp³-hybridized carbons (Fsp3) is 0.250. The van der Waals surface area contributed by atoms with Crippen LogP contribution in [-0.4, -0.2) is 24.0 Å². The molecule has 0 spiro atoms. The Morgan fingerprint density at radius 2 is 2.17 bits per heavy atom. The van der Waals surface area contributed by atoms with Gasteiger partial charge >= 0.3 is 6.03 Å². The summed E-state index contributed by atoms with van der Waals surface area (Å²) in [5.74, 6) is -0.877. The third-order valence-electron chi connectivity index (χ3n) is 4.02. The van der Waals surface area contributed by atoms with E-state index in [1.165, 1.54) is 18.2 Å². The summed E-state index contributed by atoms with van der Waals surface area (Å²) in [5, 5.41) is 7.98. The molecule has 0 radical (unpaired) electrons. The van der Waals surface area contributed by atoms with Crippen LogP contribution < -0.4 is 16.0 Å². The summed E-state index contributed by atoms with van der Waals surface area (Å²) in [7, 11) is 1.55. The van der Waals surface area contributed by atoms with Crippen LogP contribution in [0.4, 0.5) is 14.9 Å². The van der Waals surface area contributed by atoms with Crippen molar-refractivity contribution in [2.75, 3.05) is 12.4 Å². The number of halogens is 2. The third-order valence-corrected chi connectivity index (χ3v) is 4.31. The Hall–Kier alpha value is -2.54. The number of hydrogen-bond acceptors (Lipinski definition) is 2. The zero-order chi connectivity index (χ0) is 17.3. The van der Waals surface area contributed by atoms with Crippen molar-refractivity contribution in [3.05, 3.63) is 52.1 Å². The first-order valence-corrected chi connectivity index (χ1v) is 7.82. The molecule has 1 aliphatic rings. The summed E-state index contributed by atoms with van der Waals surface area (Å²) < 4.78 is 13.2. The normalized spacial score (nSPS) is 15.7. The lowest BCUT2D eigenvalue weighted by molar-refractivity contribution is 0.102. The highest BCUT2D eigenvalue weighted by atomic mass is 35.5. The van der Waals surface area contributed by atoms with Crippen molar-refractivity contribution in [1.29, 1.82) is 0 Å². The highest BCUT2D eigenvalue weighted by molar-refractivity contribution is 6.31. The number of urea groups is 1. The number of aromatic amines is 1. The maximum absolute atomic E-state index is 13.2. The maximum atomic E-state index is 13.2. The van der Waals surface area contributed by atoms with Crippen molar-refractivity contribution in [1.82, 2.24) is 15.6 Å². The number of nitrogens with one attached hydrogen (secondary N) is 4. The second-order valence-corrected chi connectivity index (χ2v) is 5.90. The van der Waals surface area contributed by atoms with Gasteiger partial charge in [0.2, 0.25) is 0 Å². The molecule has 126 valence electrons. The van der Waals surface area contributed by atoms with Gasteiger partial charge in [-0.1, -0.05) is 11.6 Å². The molecule has 0 bridgehead atoms. The zero-order valence-electron chi connectivity index (χ0n) is 12.9. The van der Waals surface area contributed by atoms with Crippen molar-refractivity contribution >= 4 is 29.2 Å². The first-order chi connectivity index (χ1) is 11.5. The van der Waals surface area contributed by atoms with E-state index >= 15 is 0 Å². The van der Waals surface area contributed by atoms with Gasteiger partial charge in [0.25, 0.3) is 5.91 Å². The van der Waals surface area contributed by atoms with E-state index in [4.69, 9.17) is 11.6 Å². The lowest BCUT2D eigenvalue weighted by Crippen LogP contribution is -2.34. The van der Waals surface area contributed by atoms with Gasteiger partial charge in [-0.25, -0.2) is 9.18 Å². The van der Waals surface area contributed by atoms with Crippen LogP contribution in [-0.2, 0) is 6.42 Å². The maximum Gasteiger partial charge on any atom is 0.315 e. The highest BCUT2D eigenvalue weighted by Crippen LogP contribution is 2.33. The molecule has 0 saturated heterocycles. The van der Waals surface area contributed by atoms with Gasteiger partial charge < -0.3 is 20.9 Å². The molecule has 24 heavy (non-hydrogen) atoms. The van der Waals surface area contributed by atoms with E-state index in [9.17, 15) is 14.0 Å². The second-order valence-electron chi connectivity index (χ2n) is 5.50. The van der Waals surface area contributed by atoms with Gasteiger partial charge in [0.1, 0.15) is 11.5 Å². The summed E-state index contributed by atoms with van der Waals surface area (Å²) in [4.78, 5) is 26.9. The van der Waals surface area contributed by atoms with Crippen LogP contribution in [0.3, 0.4) is 0 Å². The summed E-state index contributed by atoms with van der Waals surface area (Å²) in [6.07, 6.45) is 3.14. The molecule has 4 N–H and O–H groups in total. The van der Waals surface area contributed by atoms with Crippen molar-refractivity contribution in [3.63, 3.8) is 0 Å². The van der Waals surface area contributed by atoms with Gasteiger partial charge in [-0.15, -0.1) is 0 Å². The first-order valence-electron chi connectivity index (χ1n) is 7.44. The van der Waals surface area contributed by atoms with Crippen LogP contribution in [0.15, 0.2) is 24.4 Å². The van der Waals surface area contributed by atoms with E-state index in [0.29, 0.717) is 17.8 Å². The lowest BCUT2D eigenvalue weighted by atomic mass is 10.1. The molecule has 0 unspecified atom stereocenters. The van der Waals surface area contributed by atoms with Crippen LogP contribution in [0.25, 0.3) is 0 Å². The van der Waals surface area contributed by atoms with Crippen molar-refractivity contribution in [2.24, 2.45) is 0 Å². The van der Waals surface area contributed by atoms with Gasteiger partial charge in [0.15, 0.2) is 0 Å². The molecule has 0 fully saturated rings. The fourth-order valence-electron chi connectivity index (χ4n) is 2.84. The van der Waals surface area contributed by atoms with Crippen LogP contribution in [0.5, 0.6) is 0 Å². The second kappa shape index (κ2) is 6.52. The Labute approximate surface area is 142 Å². The topological polar surface area (TPSA) is 86.0 Å². The molecular formula is C16H16ClFN4O2. The lowest BCUT2D eigenvalue weighted by Gasteiger charge is -2.11. The molecule has 1 heterocycles. The minimum atomic E-state index is -0.543. The molecule has 1 aromatic carbocycles. The molecule has 3 amide bonds. The summed E-state index contributed by atoms with van der Waals surface area (Å²) in [6.45, 7) is 0. The van der Waals surface area contributed by atoms with Gasteiger partial charge in [0.05, 0.1) is 11.1 Å². The van der Waals surface area contributed by atoms with E-state index in [1.807, 2.05) is 0 Å². The van der Waals surface area contributed by atoms with Crippen molar-refractivity contribution < 1.29 is 14.0 Å². The largest absolute Gasteiger partial charge is 0.357 e. The Bertz CT molecular complexity index is 805. The van der Waals surface area contributed by atoms with Crippen molar-refractivity contribution in [2.45, 2.75) is 18.9 Å². The van der Waals surface area contributed by atoms with Crippen molar-refractivity contribution in [3.8, 4) is 0 Å². The monoisotopic (exact) mass is 350 g/mol. The molecule has 1 aliphatic carbocycles. The van der Waals surface area contributed by atoms with E-state index < -0.39 is 5.82 Å². The zero-order valence-corrected chi connectivity index (χ0v) is 13.6. The number of carbonyl (C=O) groups is 2. The number of amides is 3. The molecule has 2 aromatic rings. The Kier molecular flexibility index (Phi) is 4.44. The summed E-state index contributed by atoms with van der Waals surface area (Å²) in [5.41, 5.74) is 2.63. The van der Waals surface area contributed by atoms with E-state index in [-0.39, 0.29) is 23.0 Å². The number of aromatic nitrogens is 1. The Morgan fingerprint density at radius 3 is 2.88 bits per heavy atom. The van der Waals surface area contributed by atoms with E-state index in [0.717, 1.165) is 17.5 Å². The SMILES string of the molecule is CNC(=O)N[C@@H]1CCc2c1c[nH]c2C(=O)Nc1ccc(F)c(Cl)c1. The van der Waals surface area contributed by atoms with Crippen LogP contribution in [0, 0.1) is 5.82 Å². The van der Waals surface area contributed by atoms with Crippen LogP contribution in [0.1, 0.15) is 34.1 Å². The molecule has 3 rings (SSSR count). The minimum absolute atomic E-state index is 0.0562. The number of rotatable bonds is 3. The van der Waals surface area contributed by atoms with Gasteiger partial charge in [0, 0.05) is 18.9 Å². The Morgan fingerprint density at radius 1 is 1.38 bits per heavy atom. The van der Waals surface area contributed by atoms with E-state index in [1.54, 1.807) is 13.2 Å². The average Bonchev–Trinajstić information content (AvgIpc) is 3.13. The molecule has 1 atom stereocenters. The quantitative estimate of drug-likeness (QED) is 0.686.